The van der Waals surface area contributed by atoms with Crippen molar-refractivity contribution in [2.24, 2.45) is 0 Å². The van der Waals surface area contributed by atoms with Crippen molar-refractivity contribution < 1.29 is 14.3 Å². The minimum atomic E-state index is -0.529. The van der Waals surface area contributed by atoms with Crippen LogP contribution in [0.5, 0.6) is 0 Å². The first-order valence-corrected chi connectivity index (χ1v) is 8.79. The highest BCUT2D eigenvalue weighted by Gasteiger charge is 2.28. The zero-order chi connectivity index (χ0) is 17.9. The molecule has 6 nitrogen and oxygen atoms in total. The zero-order valence-corrected chi connectivity index (χ0v) is 15.9. The predicted molar refractivity (Wildman–Crippen MR) is 96.8 cm³/mol. The first-order valence-electron chi connectivity index (χ1n) is 7.99. The van der Waals surface area contributed by atoms with Gasteiger partial charge in [0, 0.05) is 29.3 Å². The molecule has 24 heavy (non-hydrogen) atoms. The van der Waals surface area contributed by atoms with E-state index in [-0.39, 0.29) is 18.0 Å². The number of nitrogen functional groups attached to an aromatic ring is 1. The highest BCUT2D eigenvalue weighted by Crippen LogP contribution is 2.20. The Bertz CT molecular complexity index is 628. The van der Waals surface area contributed by atoms with Gasteiger partial charge in [0.1, 0.15) is 5.60 Å². The molecule has 1 heterocycles. The lowest BCUT2D eigenvalue weighted by atomic mass is 10.0. The third-order valence-electron chi connectivity index (χ3n) is 3.67. The fourth-order valence-corrected chi connectivity index (χ4v) is 2.97. The van der Waals surface area contributed by atoms with Crippen molar-refractivity contribution in [3.63, 3.8) is 0 Å². The molecule has 1 aromatic rings. The Balaban J connectivity index is 1.97. The second-order valence-electron chi connectivity index (χ2n) is 6.97. The number of halogens is 1. The van der Waals surface area contributed by atoms with Crippen LogP contribution in [0.1, 0.15) is 44.0 Å². The van der Waals surface area contributed by atoms with Crippen molar-refractivity contribution in [3.05, 3.63) is 28.2 Å². The van der Waals surface area contributed by atoms with Gasteiger partial charge in [-0.1, -0.05) is 15.9 Å². The second-order valence-corrected chi connectivity index (χ2v) is 7.89. The van der Waals surface area contributed by atoms with Gasteiger partial charge in [0.05, 0.1) is 5.56 Å². The third kappa shape index (κ3) is 5.12. The fraction of sp³-hybridized carbons (Fsp3) is 0.529. The standard InChI is InChI=1S/C17H24BrN3O3/c1-17(2,3)24-16(23)21-8-4-5-12(10-21)20-15(22)13-7-6-11(18)9-14(13)19/h6-7,9,12H,4-5,8,10,19H2,1-3H3,(H,20,22)/t12-/m1/s1. The van der Waals surface area contributed by atoms with Crippen LogP contribution in [0.2, 0.25) is 0 Å². The van der Waals surface area contributed by atoms with Gasteiger partial charge in [0.2, 0.25) is 0 Å². The van der Waals surface area contributed by atoms with E-state index in [4.69, 9.17) is 10.5 Å². The van der Waals surface area contributed by atoms with Gasteiger partial charge in [-0.2, -0.15) is 0 Å². The van der Waals surface area contributed by atoms with Gasteiger partial charge < -0.3 is 20.7 Å². The molecule has 0 radical (unpaired) electrons. The molecule has 7 heteroatoms. The number of carbonyl (C=O) groups is 2. The number of amides is 2. The van der Waals surface area contributed by atoms with Gasteiger partial charge in [-0.25, -0.2) is 4.79 Å². The molecular formula is C17H24BrN3O3. The maximum Gasteiger partial charge on any atom is 0.410 e. The van der Waals surface area contributed by atoms with E-state index in [0.717, 1.165) is 17.3 Å². The number of ether oxygens (including phenoxy) is 1. The number of carbonyl (C=O) groups excluding carboxylic acids is 2. The fourth-order valence-electron chi connectivity index (χ4n) is 2.59. The number of hydrogen-bond acceptors (Lipinski definition) is 4. The smallest absolute Gasteiger partial charge is 0.410 e. The van der Waals surface area contributed by atoms with E-state index in [1.54, 1.807) is 23.1 Å². The summed E-state index contributed by atoms with van der Waals surface area (Å²) in [6.07, 6.45) is 1.30. The highest BCUT2D eigenvalue weighted by molar-refractivity contribution is 9.10. The van der Waals surface area contributed by atoms with Crippen LogP contribution in [0.4, 0.5) is 10.5 Å². The normalized spacial score (nSPS) is 18.2. The van der Waals surface area contributed by atoms with Crippen molar-refractivity contribution >= 4 is 33.6 Å². The average Bonchev–Trinajstić information content (AvgIpc) is 2.45. The van der Waals surface area contributed by atoms with Crippen LogP contribution in [0.15, 0.2) is 22.7 Å². The van der Waals surface area contributed by atoms with E-state index in [1.807, 2.05) is 20.8 Å². The zero-order valence-electron chi connectivity index (χ0n) is 14.3. The maximum absolute atomic E-state index is 12.4. The molecule has 1 fully saturated rings. The first kappa shape index (κ1) is 18.6. The molecule has 2 amide bonds. The topological polar surface area (TPSA) is 84.7 Å². The number of nitrogens with two attached hydrogens (primary N) is 1. The lowest BCUT2D eigenvalue weighted by molar-refractivity contribution is 0.0185. The molecule has 0 bridgehead atoms. The van der Waals surface area contributed by atoms with E-state index >= 15 is 0 Å². The molecule has 0 aromatic heterocycles. The van der Waals surface area contributed by atoms with Gasteiger partial charge in [-0.05, 0) is 51.8 Å². The Kier molecular flexibility index (Phi) is 5.74. The third-order valence-corrected chi connectivity index (χ3v) is 4.16. The van der Waals surface area contributed by atoms with Gasteiger partial charge in [-0.15, -0.1) is 0 Å². The SMILES string of the molecule is CC(C)(C)OC(=O)N1CCC[C@@H](NC(=O)c2ccc(Br)cc2N)C1. The lowest BCUT2D eigenvalue weighted by Gasteiger charge is -2.34. The molecule has 1 aliphatic heterocycles. The molecule has 0 aliphatic carbocycles. The summed E-state index contributed by atoms with van der Waals surface area (Å²) in [7, 11) is 0. The number of piperidine rings is 1. The van der Waals surface area contributed by atoms with Crippen molar-refractivity contribution in [2.45, 2.75) is 45.3 Å². The molecule has 1 aromatic carbocycles. The number of nitrogens with zero attached hydrogens (tertiary/aromatic N) is 1. The van der Waals surface area contributed by atoms with E-state index in [1.165, 1.54) is 0 Å². The van der Waals surface area contributed by atoms with Crippen molar-refractivity contribution in [1.82, 2.24) is 10.2 Å². The van der Waals surface area contributed by atoms with E-state index in [0.29, 0.717) is 24.3 Å². The lowest BCUT2D eigenvalue weighted by Crippen LogP contribution is -2.50. The molecule has 1 atom stereocenters. The molecule has 2 rings (SSSR count). The van der Waals surface area contributed by atoms with Crippen LogP contribution in [0.3, 0.4) is 0 Å². The van der Waals surface area contributed by atoms with Gasteiger partial charge >= 0.3 is 6.09 Å². The summed E-state index contributed by atoms with van der Waals surface area (Å²) in [4.78, 5) is 26.2. The van der Waals surface area contributed by atoms with Crippen LogP contribution in [-0.4, -0.2) is 41.6 Å². The van der Waals surface area contributed by atoms with Crippen LogP contribution in [0, 0.1) is 0 Å². The Hall–Kier alpha value is -1.76. The van der Waals surface area contributed by atoms with Crippen LogP contribution < -0.4 is 11.1 Å². The number of anilines is 1. The summed E-state index contributed by atoms with van der Waals surface area (Å²) < 4.78 is 6.22. The summed E-state index contributed by atoms with van der Waals surface area (Å²) in [5.74, 6) is -0.226. The molecule has 0 spiro atoms. The monoisotopic (exact) mass is 397 g/mol. The number of hydrogen-bond donors (Lipinski definition) is 2. The highest BCUT2D eigenvalue weighted by atomic mass is 79.9. The second kappa shape index (κ2) is 7.42. The molecule has 132 valence electrons. The Labute approximate surface area is 150 Å². The van der Waals surface area contributed by atoms with Crippen molar-refractivity contribution in [3.8, 4) is 0 Å². The minimum absolute atomic E-state index is 0.109. The van der Waals surface area contributed by atoms with Crippen molar-refractivity contribution in [1.29, 1.82) is 0 Å². The molecule has 0 unspecified atom stereocenters. The number of benzene rings is 1. The first-order chi connectivity index (χ1) is 11.2. The summed E-state index contributed by atoms with van der Waals surface area (Å²) in [5.41, 5.74) is 6.22. The molecule has 1 aliphatic rings. The van der Waals surface area contributed by atoms with Crippen LogP contribution in [0.25, 0.3) is 0 Å². The Morgan fingerprint density at radius 3 is 2.71 bits per heavy atom. The predicted octanol–water partition coefficient (Wildman–Crippen LogP) is 3.16. The van der Waals surface area contributed by atoms with Crippen LogP contribution in [-0.2, 0) is 4.74 Å². The number of nitrogens with one attached hydrogen (secondary N) is 1. The average molecular weight is 398 g/mol. The number of rotatable bonds is 2. The Morgan fingerprint density at radius 1 is 1.38 bits per heavy atom. The van der Waals surface area contributed by atoms with E-state index < -0.39 is 5.60 Å². The minimum Gasteiger partial charge on any atom is -0.444 e. The summed E-state index contributed by atoms with van der Waals surface area (Å²) >= 11 is 3.32. The summed E-state index contributed by atoms with van der Waals surface area (Å²) in [6, 6.07) is 5.05. The molecule has 1 saturated heterocycles. The van der Waals surface area contributed by atoms with E-state index in [9.17, 15) is 9.59 Å². The van der Waals surface area contributed by atoms with E-state index in [2.05, 4.69) is 21.2 Å². The van der Waals surface area contributed by atoms with Crippen LogP contribution >= 0.6 is 15.9 Å². The van der Waals surface area contributed by atoms with Crippen molar-refractivity contribution in [2.75, 3.05) is 18.8 Å². The molecule has 0 saturated carbocycles. The summed E-state index contributed by atoms with van der Waals surface area (Å²) in [5, 5.41) is 2.96. The van der Waals surface area contributed by atoms with Gasteiger partial charge in [-0.3, -0.25) is 4.79 Å². The largest absolute Gasteiger partial charge is 0.444 e. The maximum atomic E-state index is 12.4. The molecule has 3 N–H and O–H groups in total. The van der Waals surface area contributed by atoms with Gasteiger partial charge in [0.25, 0.3) is 5.91 Å². The Morgan fingerprint density at radius 2 is 2.08 bits per heavy atom. The summed E-state index contributed by atoms with van der Waals surface area (Å²) in [6.45, 7) is 6.60. The van der Waals surface area contributed by atoms with Gasteiger partial charge in [0.15, 0.2) is 0 Å². The quantitative estimate of drug-likeness (QED) is 0.750. The number of likely N-dealkylation sites (tertiary alicyclic amines) is 1. The molecular weight excluding hydrogens is 374 g/mol.